The molecule has 2 heterocycles. The molecule has 1 aliphatic rings. The predicted molar refractivity (Wildman–Crippen MR) is 99.2 cm³/mol. The number of amides is 2. The highest BCUT2D eigenvalue weighted by atomic mass is 16.7. The monoisotopic (exact) mass is 366 g/mol. The maximum absolute atomic E-state index is 12.1. The lowest BCUT2D eigenvalue weighted by atomic mass is 10.2. The number of carbonyl (C=O) groups excluding carboxylic acids is 1. The molecule has 0 atom stereocenters. The van der Waals surface area contributed by atoms with Crippen molar-refractivity contribution in [1.29, 1.82) is 0 Å². The third-order valence-electron chi connectivity index (χ3n) is 3.90. The normalized spacial score (nSPS) is 11.9. The zero-order valence-corrected chi connectivity index (χ0v) is 14.6. The maximum Gasteiger partial charge on any atom is 0.323 e. The van der Waals surface area contributed by atoms with E-state index in [0.717, 1.165) is 5.56 Å². The number of aromatic nitrogens is 2. The molecule has 8 nitrogen and oxygen atoms in total. The number of fused-ring (bicyclic) bond motifs is 1. The van der Waals surface area contributed by atoms with Gasteiger partial charge in [0.1, 0.15) is 12.4 Å². The van der Waals surface area contributed by atoms with Gasteiger partial charge in [-0.05, 0) is 29.8 Å². The van der Waals surface area contributed by atoms with Crippen molar-refractivity contribution >= 4 is 17.4 Å². The van der Waals surface area contributed by atoms with Crippen molar-refractivity contribution in [2.24, 2.45) is 7.05 Å². The van der Waals surface area contributed by atoms with Crippen molar-refractivity contribution in [3.05, 3.63) is 60.4 Å². The lowest BCUT2D eigenvalue weighted by Gasteiger charge is -2.10. The number of nitrogens with one attached hydrogen (secondary N) is 2. The Labute approximate surface area is 155 Å². The first-order valence-corrected chi connectivity index (χ1v) is 8.34. The summed E-state index contributed by atoms with van der Waals surface area (Å²) in [6.07, 6.45) is 3.30. The van der Waals surface area contributed by atoms with Crippen LogP contribution in [0.25, 0.3) is 0 Å². The van der Waals surface area contributed by atoms with E-state index < -0.39 is 0 Å². The second kappa shape index (κ2) is 7.28. The summed E-state index contributed by atoms with van der Waals surface area (Å²) in [6, 6.07) is 12.6. The predicted octanol–water partition coefficient (Wildman–Crippen LogP) is 3.37. The number of hydrogen-bond donors (Lipinski definition) is 2. The Balaban J connectivity index is 1.35. The minimum absolute atomic E-state index is 0.230. The molecule has 0 bridgehead atoms. The Kier molecular flexibility index (Phi) is 4.52. The first-order valence-electron chi connectivity index (χ1n) is 8.34. The van der Waals surface area contributed by atoms with Gasteiger partial charge in [-0.2, -0.15) is 5.10 Å². The average molecular weight is 366 g/mol. The minimum Gasteiger partial charge on any atom is -0.489 e. The average Bonchev–Trinajstić information content (AvgIpc) is 3.28. The summed E-state index contributed by atoms with van der Waals surface area (Å²) in [5.74, 6) is 2.08. The molecule has 2 N–H and O–H groups in total. The second-order valence-electron chi connectivity index (χ2n) is 5.99. The fourth-order valence-electron chi connectivity index (χ4n) is 2.65. The fourth-order valence-corrected chi connectivity index (χ4v) is 2.65. The summed E-state index contributed by atoms with van der Waals surface area (Å²) in [6.45, 7) is 0.590. The number of hydrogen-bond acceptors (Lipinski definition) is 5. The Hall–Kier alpha value is -3.68. The molecule has 0 fully saturated rings. The summed E-state index contributed by atoms with van der Waals surface area (Å²) < 4.78 is 18.0. The van der Waals surface area contributed by atoms with Crippen LogP contribution in [-0.2, 0) is 13.7 Å². The van der Waals surface area contributed by atoms with Crippen LogP contribution >= 0.6 is 0 Å². The van der Waals surface area contributed by atoms with E-state index in [1.165, 1.54) is 0 Å². The van der Waals surface area contributed by atoms with Gasteiger partial charge >= 0.3 is 6.03 Å². The molecule has 27 heavy (non-hydrogen) atoms. The number of rotatable bonds is 5. The number of benzene rings is 2. The topological polar surface area (TPSA) is 86.6 Å². The highest BCUT2D eigenvalue weighted by Crippen LogP contribution is 2.35. The molecule has 8 heteroatoms. The Morgan fingerprint density at radius 2 is 2.00 bits per heavy atom. The van der Waals surface area contributed by atoms with Gasteiger partial charge in [-0.3, -0.25) is 4.68 Å². The number of ether oxygens (including phenoxy) is 3. The minimum atomic E-state index is -0.336. The Morgan fingerprint density at radius 1 is 1.15 bits per heavy atom. The highest BCUT2D eigenvalue weighted by molar-refractivity contribution is 5.99. The van der Waals surface area contributed by atoms with Crippen LogP contribution in [0.3, 0.4) is 0 Å². The van der Waals surface area contributed by atoms with Crippen molar-refractivity contribution in [1.82, 2.24) is 9.78 Å². The summed E-state index contributed by atoms with van der Waals surface area (Å²) in [5, 5.41) is 9.52. The molecule has 0 spiro atoms. The number of aryl methyl sites for hydroxylation is 1. The van der Waals surface area contributed by atoms with Crippen molar-refractivity contribution in [2.75, 3.05) is 17.4 Å². The molecule has 1 aliphatic heterocycles. The lowest BCUT2D eigenvalue weighted by molar-refractivity contribution is 0.173. The Bertz CT molecular complexity index is 970. The smallest absolute Gasteiger partial charge is 0.323 e. The molecule has 3 aromatic rings. The van der Waals surface area contributed by atoms with E-state index in [1.54, 1.807) is 30.2 Å². The van der Waals surface area contributed by atoms with E-state index in [0.29, 0.717) is 35.2 Å². The van der Waals surface area contributed by atoms with Gasteiger partial charge in [0.2, 0.25) is 6.79 Å². The zero-order valence-electron chi connectivity index (χ0n) is 14.6. The van der Waals surface area contributed by atoms with Gasteiger partial charge in [0.25, 0.3) is 0 Å². The molecule has 0 radical (unpaired) electrons. The molecule has 0 unspecified atom stereocenters. The quantitative estimate of drug-likeness (QED) is 0.723. The van der Waals surface area contributed by atoms with Crippen LogP contribution in [0.2, 0.25) is 0 Å². The maximum atomic E-state index is 12.1. The molecule has 2 amide bonds. The SMILES string of the molecule is Cn1cc(NC(=O)Nc2cccc(COc3ccc4c(c3)OCO4)c2)cn1. The summed E-state index contributed by atoms with van der Waals surface area (Å²) in [7, 11) is 1.78. The third kappa shape index (κ3) is 4.12. The van der Waals surface area contributed by atoms with Gasteiger partial charge in [0.15, 0.2) is 11.5 Å². The summed E-state index contributed by atoms with van der Waals surface area (Å²) >= 11 is 0. The molecule has 0 saturated carbocycles. The largest absolute Gasteiger partial charge is 0.489 e. The molecule has 0 aliphatic carbocycles. The van der Waals surface area contributed by atoms with Gasteiger partial charge in [-0.15, -0.1) is 0 Å². The van der Waals surface area contributed by atoms with Crippen LogP contribution < -0.4 is 24.8 Å². The van der Waals surface area contributed by atoms with Crippen LogP contribution in [0, 0.1) is 0 Å². The van der Waals surface area contributed by atoms with Crippen LogP contribution in [0.5, 0.6) is 17.2 Å². The van der Waals surface area contributed by atoms with Crippen molar-refractivity contribution in [3.63, 3.8) is 0 Å². The standard InChI is InChI=1S/C19H18N4O4/c1-23-10-15(9-20-23)22-19(24)21-14-4-2-3-13(7-14)11-25-16-5-6-17-18(8-16)27-12-26-17/h2-10H,11-12H2,1H3,(H2,21,22,24). The second-order valence-corrected chi connectivity index (χ2v) is 5.99. The number of carbonyl (C=O) groups is 1. The first kappa shape index (κ1) is 16.8. The van der Waals surface area contributed by atoms with Crippen molar-refractivity contribution in [3.8, 4) is 17.2 Å². The summed E-state index contributed by atoms with van der Waals surface area (Å²) in [4.78, 5) is 12.1. The Morgan fingerprint density at radius 3 is 2.85 bits per heavy atom. The van der Waals surface area contributed by atoms with Gasteiger partial charge in [-0.25, -0.2) is 4.79 Å². The molecular formula is C19H18N4O4. The summed E-state index contributed by atoms with van der Waals surface area (Å²) in [5.41, 5.74) is 2.22. The van der Waals surface area contributed by atoms with Crippen molar-refractivity contribution < 1.29 is 19.0 Å². The molecule has 4 rings (SSSR count). The van der Waals surface area contributed by atoms with Crippen LogP contribution in [-0.4, -0.2) is 22.6 Å². The molecule has 0 saturated heterocycles. The third-order valence-corrected chi connectivity index (χ3v) is 3.90. The number of anilines is 2. The number of urea groups is 1. The van der Waals surface area contributed by atoms with Gasteiger partial charge < -0.3 is 24.8 Å². The van der Waals surface area contributed by atoms with Gasteiger partial charge in [-0.1, -0.05) is 12.1 Å². The van der Waals surface area contributed by atoms with E-state index in [2.05, 4.69) is 15.7 Å². The van der Waals surface area contributed by atoms with E-state index in [9.17, 15) is 4.79 Å². The van der Waals surface area contributed by atoms with Gasteiger partial charge in [0.05, 0.1) is 11.9 Å². The molecule has 138 valence electrons. The van der Waals surface area contributed by atoms with Crippen LogP contribution in [0.1, 0.15) is 5.56 Å². The van der Waals surface area contributed by atoms with E-state index in [4.69, 9.17) is 14.2 Å². The highest BCUT2D eigenvalue weighted by Gasteiger charge is 2.13. The van der Waals surface area contributed by atoms with Crippen molar-refractivity contribution in [2.45, 2.75) is 6.61 Å². The molecular weight excluding hydrogens is 348 g/mol. The lowest BCUT2D eigenvalue weighted by Crippen LogP contribution is -2.19. The first-order chi connectivity index (χ1) is 13.2. The van der Waals surface area contributed by atoms with E-state index in [-0.39, 0.29) is 12.8 Å². The van der Waals surface area contributed by atoms with E-state index in [1.807, 2.05) is 36.4 Å². The van der Waals surface area contributed by atoms with E-state index >= 15 is 0 Å². The van der Waals surface area contributed by atoms with Crippen LogP contribution in [0.15, 0.2) is 54.9 Å². The fraction of sp³-hybridized carbons (Fsp3) is 0.158. The van der Waals surface area contributed by atoms with Crippen LogP contribution in [0.4, 0.5) is 16.2 Å². The zero-order chi connectivity index (χ0) is 18.6. The molecule has 2 aromatic carbocycles. The number of nitrogens with zero attached hydrogens (tertiary/aromatic N) is 2. The van der Waals surface area contributed by atoms with Gasteiger partial charge in [0, 0.05) is 25.0 Å². The molecule has 1 aromatic heterocycles.